The van der Waals surface area contributed by atoms with Gasteiger partial charge < -0.3 is 14.5 Å². The first kappa shape index (κ1) is 19.3. The molecule has 0 radical (unpaired) electrons. The van der Waals surface area contributed by atoms with Crippen LogP contribution in [0.25, 0.3) is 0 Å². The number of quaternary nitrogens is 2. The molecule has 1 aliphatic heterocycles. The number of unbranched alkanes of at least 4 members (excludes halogenated alkanes) is 1. The fourth-order valence-corrected chi connectivity index (χ4v) is 3.50. The van der Waals surface area contributed by atoms with Gasteiger partial charge in [0.25, 0.3) is 0 Å². The molecule has 3 nitrogen and oxygen atoms in total. The summed E-state index contributed by atoms with van der Waals surface area (Å²) in [5.74, 6) is 1.05. The Morgan fingerprint density at radius 1 is 1.00 bits per heavy atom. The number of ether oxygens (including phenoxy) is 1. The molecule has 0 saturated carbocycles. The fraction of sp³-hybridized carbons (Fsp3) is 0.714. The lowest BCUT2D eigenvalue weighted by molar-refractivity contribution is -1.01. The lowest BCUT2D eigenvalue weighted by atomic mass is 9.86. The highest BCUT2D eigenvalue weighted by Crippen LogP contribution is 2.27. The van der Waals surface area contributed by atoms with Crippen LogP contribution in [0.3, 0.4) is 0 Å². The molecule has 0 aromatic heterocycles. The van der Waals surface area contributed by atoms with Gasteiger partial charge in [0.05, 0.1) is 19.7 Å². The standard InChI is InChI=1S/C21H36N2O/c1-6-22-12-14-23(15-13-22)11-7-8-16-24-20-10-9-19(17-18(20)2)21(3,4)5/h9-10,17H,6-8,11-16H2,1-5H3/p+2. The summed E-state index contributed by atoms with van der Waals surface area (Å²) in [4.78, 5) is 3.56. The second kappa shape index (κ2) is 8.87. The van der Waals surface area contributed by atoms with E-state index in [0.29, 0.717) is 0 Å². The van der Waals surface area contributed by atoms with Gasteiger partial charge in [0, 0.05) is 0 Å². The maximum absolute atomic E-state index is 6.01. The van der Waals surface area contributed by atoms with Gasteiger partial charge in [-0.2, -0.15) is 0 Å². The molecule has 0 unspecified atom stereocenters. The van der Waals surface area contributed by atoms with E-state index < -0.39 is 0 Å². The first-order valence-electron chi connectivity index (χ1n) is 9.81. The zero-order valence-corrected chi connectivity index (χ0v) is 16.5. The quantitative estimate of drug-likeness (QED) is 0.719. The first-order valence-corrected chi connectivity index (χ1v) is 9.81. The first-order chi connectivity index (χ1) is 11.4. The SMILES string of the molecule is CC[NH+]1CC[NH+](CCCCOc2ccc(C(C)(C)C)cc2C)CC1. The van der Waals surface area contributed by atoms with Crippen LogP contribution in [0.4, 0.5) is 0 Å². The van der Waals surface area contributed by atoms with Crippen molar-refractivity contribution in [1.82, 2.24) is 0 Å². The van der Waals surface area contributed by atoms with Crippen LogP contribution in [0, 0.1) is 6.92 Å². The van der Waals surface area contributed by atoms with Crippen molar-refractivity contribution in [2.45, 2.75) is 52.9 Å². The van der Waals surface area contributed by atoms with Crippen molar-refractivity contribution in [3.8, 4) is 5.75 Å². The Hall–Kier alpha value is -1.06. The van der Waals surface area contributed by atoms with Crippen LogP contribution < -0.4 is 14.5 Å². The van der Waals surface area contributed by atoms with Gasteiger partial charge in [-0.3, -0.25) is 0 Å². The summed E-state index contributed by atoms with van der Waals surface area (Å²) in [5.41, 5.74) is 2.84. The van der Waals surface area contributed by atoms with Gasteiger partial charge in [-0.25, -0.2) is 0 Å². The Labute approximate surface area is 149 Å². The van der Waals surface area contributed by atoms with Crippen molar-refractivity contribution in [3.63, 3.8) is 0 Å². The number of benzene rings is 1. The third-order valence-corrected chi connectivity index (χ3v) is 5.39. The number of hydrogen-bond acceptors (Lipinski definition) is 1. The molecule has 0 atom stereocenters. The fourth-order valence-electron chi connectivity index (χ4n) is 3.50. The van der Waals surface area contributed by atoms with Gasteiger partial charge in [0.1, 0.15) is 31.9 Å². The maximum atomic E-state index is 6.01. The van der Waals surface area contributed by atoms with Crippen LogP contribution in [-0.2, 0) is 5.41 Å². The Bertz CT molecular complexity index is 499. The molecule has 0 bridgehead atoms. The molecule has 0 spiro atoms. The van der Waals surface area contributed by atoms with Crippen LogP contribution in [0.2, 0.25) is 0 Å². The predicted octanol–water partition coefficient (Wildman–Crippen LogP) is 1.25. The smallest absolute Gasteiger partial charge is 0.127 e. The van der Waals surface area contributed by atoms with Crippen molar-refractivity contribution < 1.29 is 14.5 Å². The highest BCUT2D eigenvalue weighted by atomic mass is 16.5. The average molecular weight is 335 g/mol. The third kappa shape index (κ3) is 5.78. The average Bonchev–Trinajstić information content (AvgIpc) is 2.55. The van der Waals surface area contributed by atoms with E-state index >= 15 is 0 Å². The van der Waals surface area contributed by atoms with Gasteiger partial charge in [-0.05, 0) is 49.3 Å². The molecule has 1 fully saturated rings. The number of rotatable bonds is 7. The number of hydrogen-bond donors (Lipinski definition) is 2. The van der Waals surface area contributed by atoms with E-state index in [-0.39, 0.29) is 5.41 Å². The summed E-state index contributed by atoms with van der Waals surface area (Å²) in [5, 5.41) is 0. The zero-order chi connectivity index (χ0) is 17.6. The molecular weight excluding hydrogens is 296 g/mol. The van der Waals surface area contributed by atoms with Gasteiger partial charge in [0.2, 0.25) is 0 Å². The minimum Gasteiger partial charge on any atom is -0.493 e. The molecule has 24 heavy (non-hydrogen) atoms. The van der Waals surface area contributed by atoms with Crippen molar-refractivity contribution in [2.24, 2.45) is 0 Å². The summed E-state index contributed by atoms with van der Waals surface area (Å²) >= 11 is 0. The number of aryl methyl sites for hydroxylation is 1. The molecule has 2 N–H and O–H groups in total. The summed E-state index contributed by atoms with van der Waals surface area (Å²) in [6.07, 6.45) is 2.43. The van der Waals surface area contributed by atoms with Gasteiger partial charge in [-0.15, -0.1) is 0 Å². The Morgan fingerprint density at radius 3 is 2.25 bits per heavy atom. The van der Waals surface area contributed by atoms with Crippen LogP contribution >= 0.6 is 0 Å². The number of likely N-dealkylation sites (N-methyl/N-ethyl adjacent to an activating group) is 1. The molecule has 1 saturated heterocycles. The molecular formula is C21H38N2O+2. The Balaban J connectivity index is 1.66. The Kier molecular flexibility index (Phi) is 7.12. The summed E-state index contributed by atoms with van der Waals surface area (Å²) in [6.45, 7) is 20.0. The van der Waals surface area contributed by atoms with Crippen LogP contribution in [0.5, 0.6) is 5.75 Å². The minimum atomic E-state index is 0.204. The van der Waals surface area contributed by atoms with Gasteiger partial charge in [0.15, 0.2) is 0 Å². The third-order valence-electron chi connectivity index (χ3n) is 5.39. The maximum Gasteiger partial charge on any atom is 0.127 e. The van der Waals surface area contributed by atoms with Crippen molar-refractivity contribution in [1.29, 1.82) is 0 Å². The van der Waals surface area contributed by atoms with E-state index in [1.54, 1.807) is 9.80 Å². The molecule has 136 valence electrons. The Morgan fingerprint density at radius 2 is 1.67 bits per heavy atom. The van der Waals surface area contributed by atoms with Crippen molar-refractivity contribution in [3.05, 3.63) is 29.3 Å². The van der Waals surface area contributed by atoms with Crippen LogP contribution in [0.1, 0.15) is 51.7 Å². The monoisotopic (exact) mass is 334 g/mol. The van der Waals surface area contributed by atoms with E-state index in [2.05, 4.69) is 52.8 Å². The molecule has 2 rings (SSSR count). The topological polar surface area (TPSA) is 18.1 Å². The largest absolute Gasteiger partial charge is 0.493 e. The van der Waals surface area contributed by atoms with Crippen LogP contribution in [-0.4, -0.2) is 45.9 Å². The molecule has 0 aliphatic carbocycles. The summed E-state index contributed by atoms with van der Waals surface area (Å²) in [7, 11) is 0. The molecule has 3 heteroatoms. The lowest BCUT2D eigenvalue weighted by Gasteiger charge is -2.28. The normalized spacial score (nSPS) is 21.7. The number of piperazine rings is 1. The second-order valence-electron chi connectivity index (χ2n) is 8.39. The second-order valence-corrected chi connectivity index (χ2v) is 8.39. The van der Waals surface area contributed by atoms with Crippen molar-refractivity contribution >= 4 is 0 Å². The van der Waals surface area contributed by atoms with E-state index in [1.165, 1.54) is 56.8 Å². The van der Waals surface area contributed by atoms with Gasteiger partial charge in [-0.1, -0.05) is 32.9 Å². The highest BCUT2D eigenvalue weighted by molar-refractivity contribution is 5.38. The summed E-state index contributed by atoms with van der Waals surface area (Å²) in [6, 6.07) is 6.63. The van der Waals surface area contributed by atoms with E-state index in [4.69, 9.17) is 4.74 Å². The van der Waals surface area contributed by atoms with E-state index in [9.17, 15) is 0 Å². The highest BCUT2D eigenvalue weighted by Gasteiger charge is 2.20. The van der Waals surface area contributed by atoms with E-state index in [0.717, 1.165) is 18.8 Å². The molecule has 1 aromatic carbocycles. The zero-order valence-electron chi connectivity index (χ0n) is 16.5. The molecule has 1 aromatic rings. The predicted molar refractivity (Wildman–Crippen MR) is 101 cm³/mol. The lowest BCUT2D eigenvalue weighted by Crippen LogP contribution is -3.28. The molecule has 1 aliphatic rings. The number of nitrogens with one attached hydrogen (secondary N) is 2. The van der Waals surface area contributed by atoms with Crippen molar-refractivity contribution in [2.75, 3.05) is 45.9 Å². The van der Waals surface area contributed by atoms with Crippen LogP contribution in [0.15, 0.2) is 18.2 Å². The summed E-state index contributed by atoms with van der Waals surface area (Å²) < 4.78 is 6.01. The molecule has 0 amide bonds. The minimum absolute atomic E-state index is 0.204. The van der Waals surface area contributed by atoms with Gasteiger partial charge >= 0.3 is 0 Å². The van der Waals surface area contributed by atoms with E-state index in [1.807, 2.05) is 0 Å². The molecule has 1 heterocycles.